The average molecular weight is 601 g/mol. The molecular formula is C32H34F2N8O2. The Morgan fingerprint density at radius 2 is 1.98 bits per heavy atom. The molecule has 2 N–H and O–H groups in total. The molecule has 2 aliphatic heterocycles. The van der Waals surface area contributed by atoms with Crippen LogP contribution in [0.4, 0.5) is 14.5 Å². The Morgan fingerprint density at radius 3 is 2.70 bits per heavy atom. The molecule has 0 saturated carbocycles. The van der Waals surface area contributed by atoms with E-state index in [0.717, 1.165) is 17.7 Å². The van der Waals surface area contributed by atoms with E-state index < -0.39 is 11.6 Å². The number of likely N-dealkylation sites (tertiary alicyclic amines) is 1. The van der Waals surface area contributed by atoms with E-state index >= 15 is 8.78 Å². The lowest BCUT2D eigenvalue weighted by Gasteiger charge is -2.42. The fourth-order valence-electron chi connectivity index (χ4n) is 6.31. The zero-order valence-corrected chi connectivity index (χ0v) is 24.5. The summed E-state index contributed by atoms with van der Waals surface area (Å²) >= 11 is 0. The van der Waals surface area contributed by atoms with E-state index in [9.17, 15) is 4.79 Å². The highest BCUT2D eigenvalue weighted by atomic mass is 19.1. The molecule has 4 aromatic rings. The number of nitrogens with zero attached hydrogens (tertiary/aromatic N) is 7. The maximum atomic E-state index is 15.3. The van der Waals surface area contributed by atoms with Crippen LogP contribution >= 0.6 is 0 Å². The third-order valence-electron chi connectivity index (χ3n) is 8.37. The standard InChI is InChI=1S/C32H34F2N8O2/c1-20-17-41(19-26(36)32(20)44-11-3-8-35)28-7-9-37-15-22(28)14-29-38-16-23-5-6-27(39-42(23)29)31-24(33)12-21(13-25(31)34)18-40-10-2-4-30(40)43/h5-7,9,12-13,15-16,20,26,32H,2-4,10-11,14,17-19,36H2,1H3/t20-,26+,32-/m0/s1. The zero-order chi connectivity index (χ0) is 30.8. The highest BCUT2D eigenvalue weighted by molar-refractivity contribution is 5.78. The largest absolute Gasteiger partial charge is 0.375 e. The number of halogens is 2. The molecule has 10 nitrogen and oxygen atoms in total. The number of hydrogen-bond donors (Lipinski definition) is 1. The van der Waals surface area contributed by atoms with Crippen LogP contribution in [0.15, 0.2) is 48.9 Å². The Balaban J connectivity index is 1.24. The number of nitriles is 1. The van der Waals surface area contributed by atoms with Gasteiger partial charge in [0.1, 0.15) is 17.5 Å². The maximum absolute atomic E-state index is 15.3. The Kier molecular flexibility index (Phi) is 8.50. The minimum absolute atomic E-state index is 0.00529. The minimum atomic E-state index is -0.736. The number of hydrogen-bond acceptors (Lipinski definition) is 8. The fourth-order valence-corrected chi connectivity index (χ4v) is 6.31. The smallest absolute Gasteiger partial charge is 0.222 e. The van der Waals surface area contributed by atoms with Crippen molar-refractivity contribution in [3.05, 3.63) is 77.5 Å². The second kappa shape index (κ2) is 12.6. The number of carbonyl (C=O) groups is 1. The van der Waals surface area contributed by atoms with Gasteiger partial charge < -0.3 is 20.3 Å². The van der Waals surface area contributed by atoms with E-state index in [1.54, 1.807) is 40.1 Å². The molecular weight excluding hydrogens is 566 g/mol. The van der Waals surface area contributed by atoms with Crippen molar-refractivity contribution in [1.29, 1.82) is 5.26 Å². The summed E-state index contributed by atoms with van der Waals surface area (Å²) in [5.74, 6) is -0.746. The van der Waals surface area contributed by atoms with Gasteiger partial charge in [-0.05, 0) is 42.3 Å². The number of anilines is 1. The van der Waals surface area contributed by atoms with E-state index in [1.165, 1.54) is 12.1 Å². The number of fused-ring (bicyclic) bond motifs is 1. The van der Waals surface area contributed by atoms with Crippen molar-refractivity contribution < 1.29 is 18.3 Å². The van der Waals surface area contributed by atoms with Crippen LogP contribution in [0.25, 0.3) is 16.8 Å². The predicted octanol–water partition coefficient (Wildman–Crippen LogP) is 3.86. The van der Waals surface area contributed by atoms with Crippen LogP contribution in [0.1, 0.15) is 43.1 Å². The lowest BCUT2D eigenvalue weighted by Crippen LogP contribution is -2.57. The summed E-state index contributed by atoms with van der Waals surface area (Å²) in [6, 6.07) is 9.67. The first kappa shape index (κ1) is 29.6. The number of piperidine rings is 1. The number of ether oxygens (including phenoxy) is 1. The van der Waals surface area contributed by atoms with Crippen LogP contribution in [0.5, 0.6) is 0 Å². The van der Waals surface area contributed by atoms with Gasteiger partial charge in [0.25, 0.3) is 0 Å². The minimum Gasteiger partial charge on any atom is -0.375 e. The van der Waals surface area contributed by atoms with Gasteiger partial charge in [0.05, 0.1) is 48.2 Å². The van der Waals surface area contributed by atoms with Crippen LogP contribution in [0.2, 0.25) is 0 Å². The molecule has 0 aliphatic carbocycles. The maximum Gasteiger partial charge on any atom is 0.222 e. The lowest BCUT2D eigenvalue weighted by molar-refractivity contribution is -0.128. The van der Waals surface area contributed by atoms with Gasteiger partial charge in [-0.1, -0.05) is 6.92 Å². The molecule has 3 aromatic heterocycles. The summed E-state index contributed by atoms with van der Waals surface area (Å²) in [6.07, 6.45) is 6.98. The number of nitrogens with two attached hydrogens (primary N) is 1. The second-order valence-corrected chi connectivity index (χ2v) is 11.6. The molecule has 1 amide bonds. The van der Waals surface area contributed by atoms with Crippen molar-refractivity contribution >= 4 is 17.1 Å². The summed E-state index contributed by atoms with van der Waals surface area (Å²) in [5, 5.41) is 13.4. The molecule has 0 bridgehead atoms. The summed E-state index contributed by atoms with van der Waals surface area (Å²) < 4.78 is 38.2. The molecule has 44 heavy (non-hydrogen) atoms. The predicted molar refractivity (Wildman–Crippen MR) is 159 cm³/mol. The summed E-state index contributed by atoms with van der Waals surface area (Å²) in [5.41, 5.74) is 9.40. The van der Waals surface area contributed by atoms with E-state index in [4.69, 9.17) is 15.7 Å². The number of imidazole rings is 1. The van der Waals surface area contributed by atoms with Crippen molar-refractivity contribution in [2.45, 2.75) is 51.3 Å². The molecule has 228 valence electrons. The van der Waals surface area contributed by atoms with Crippen molar-refractivity contribution in [1.82, 2.24) is 24.5 Å². The highest BCUT2D eigenvalue weighted by Crippen LogP contribution is 2.30. The number of rotatable bonds is 9. The van der Waals surface area contributed by atoms with Gasteiger partial charge in [-0.2, -0.15) is 10.4 Å². The number of benzene rings is 1. The normalized spacial score (nSPS) is 20.4. The van der Waals surface area contributed by atoms with Crippen molar-refractivity contribution in [2.75, 3.05) is 31.1 Å². The first-order valence-electron chi connectivity index (χ1n) is 14.8. The number of aromatic nitrogens is 4. The molecule has 1 aromatic carbocycles. The number of carbonyl (C=O) groups excluding carboxylic acids is 1. The van der Waals surface area contributed by atoms with Crippen molar-refractivity contribution in [2.24, 2.45) is 11.7 Å². The summed E-state index contributed by atoms with van der Waals surface area (Å²) in [7, 11) is 0. The zero-order valence-electron chi connectivity index (χ0n) is 24.5. The number of pyridine rings is 1. The van der Waals surface area contributed by atoms with Crippen LogP contribution in [-0.4, -0.2) is 68.8 Å². The molecule has 6 rings (SSSR count). The molecule has 2 fully saturated rings. The molecule has 0 spiro atoms. The van der Waals surface area contributed by atoms with Crippen LogP contribution in [0, 0.1) is 28.9 Å². The van der Waals surface area contributed by atoms with E-state index in [1.807, 2.05) is 6.07 Å². The van der Waals surface area contributed by atoms with Crippen molar-refractivity contribution in [3.63, 3.8) is 0 Å². The van der Waals surface area contributed by atoms with Gasteiger partial charge in [0, 0.05) is 74.6 Å². The van der Waals surface area contributed by atoms with Gasteiger partial charge in [0.15, 0.2) is 0 Å². The molecule has 5 heterocycles. The molecule has 2 saturated heterocycles. The first-order chi connectivity index (χ1) is 21.3. The Hall–Kier alpha value is -4.47. The quantitative estimate of drug-likeness (QED) is 0.287. The number of amides is 1. The third-order valence-corrected chi connectivity index (χ3v) is 8.37. The molecule has 12 heteroatoms. The summed E-state index contributed by atoms with van der Waals surface area (Å²) in [6.45, 7) is 4.50. The van der Waals surface area contributed by atoms with Crippen LogP contribution in [-0.2, 0) is 22.5 Å². The highest BCUT2D eigenvalue weighted by Gasteiger charge is 2.34. The summed E-state index contributed by atoms with van der Waals surface area (Å²) in [4.78, 5) is 24.7. The van der Waals surface area contributed by atoms with Crippen LogP contribution < -0.4 is 10.6 Å². The Morgan fingerprint density at radius 1 is 1.16 bits per heavy atom. The Labute approximate surface area is 254 Å². The average Bonchev–Trinajstić information content (AvgIpc) is 3.59. The van der Waals surface area contributed by atoms with Gasteiger partial charge in [-0.25, -0.2) is 18.3 Å². The first-order valence-corrected chi connectivity index (χ1v) is 14.8. The molecule has 3 atom stereocenters. The monoisotopic (exact) mass is 600 g/mol. The topological polar surface area (TPSA) is 126 Å². The second-order valence-electron chi connectivity index (χ2n) is 11.6. The Bertz CT molecular complexity index is 1690. The molecule has 0 radical (unpaired) electrons. The van der Waals surface area contributed by atoms with E-state index in [-0.39, 0.29) is 41.8 Å². The van der Waals surface area contributed by atoms with E-state index in [2.05, 4.69) is 33.0 Å². The fraction of sp³-hybridized carbons (Fsp3) is 0.406. The van der Waals surface area contributed by atoms with Gasteiger partial charge in [-0.15, -0.1) is 0 Å². The van der Waals surface area contributed by atoms with Gasteiger partial charge in [0.2, 0.25) is 5.91 Å². The molecule has 0 unspecified atom stereocenters. The van der Waals surface area contributed by atoms with Gasteiger partial charge >= 0.3 is 0 Å². The van der Waals surface area contributed by atoms with Crippen LogP contribution in [0.3, 0.4) is 0 Å². The third kappa shape index (κ3) is 5.98. The van der Waals surface area contributed by atoms with Gasteiger partial charge in [-0.3, -0.25) is 9.78 Å². The SMILES string of the molecule is C[C@H]1CN(c2ccncc2Cc2ncc3ccc(-c4c(F)cc(CN5CCCC5=O)cc4F)nn23)C[C@@H](N)[C@H]1OCCC#N. The van der Waals surface area contributed by atoms with Crippen molar-refractivity contribution in [3.8, 4) is 17.3 Å². The molecule has 2 aliphatic rings. The van der Waals surface area contributed by atoms with E-state index in [0.29, 0.717) is 62.4 Å². The lowest BCUT2D eigenvalue weighted by atomic mass is 9.91.